The summed E-state index contributed by atoms with van der Waals surface area (Å²) in [5.41, 5.74) is -0.00390. The molecule has 1 unspecified atom stereocenters. The molecular weight excluding hydrogens is 238 g/mol. The van der Waals surface area contributed by atoms with Crippen LogP contribution in [0.4, 0.5) is 0 Å². The lowest BCUT2D eigenvalue weighted by Gasteiger charge is -2.14. The average molecular weight is 261 g/mol. The van der Waals surface area contributed by atoms with Crippen LogP contribution in [0.1, 0.15) is 25.7 Å². The minimum atomic E-state index is -0.796. The molecule has 1 atom stereocenters. The summed E-state index contributed by atoms with van der Waals surface area (Å²) in [6.07, 6.45) is 3.42. The molecule has 4 nitrogen and oxygen atoms in total. The van der Waals surface area contributed by atoms with E-state index < -0.39 is 10.8 Å². The van der Waals surface area contributed by atoms with E-state index in [1.807, 2.05) is 14.1 Å². The van der Waals surface area contributed by atoms with E-state index in [2.05, 4.69) is 9.64 Å². The average Bonchev–Trinajstić information content (AvgIpc) is 2.96. The van der Waals surface area contributed by atoms with E-state index in [-0.39, 0.29) is 11.4 Å². The normalized spacial score (nSPS) is 19.1. The summed E-state index contributed by atoms with van der Waals surface area (Å²) in [4.78, 5) is 13.3. The van der Waals surface area contributed by atoms with Crippen LogP contribution >= 0.6 is 0 Å². The van der Waals surface area contributed by atoms with Gasteiger partial charge in [0.2, 0.25) is 0 Å². The van der Waals surface area contributed by atoms with Crippen LogP contribution in [0.2, 0.25) is 0 Å². The van der Waals surface area contributed by atoms with Gasteiger partial charge in [0.25, 0.3) is 0 Å². The Hall–Kier alpha value is -0.420. The van der Waals surface area contributed by atoms with Crippen LogP contribution in [0, 0.1) is 5.41 Å². The Morgan fingerprint density at radius 2 is 2.06 bits per heavy atom. The highest BCUT2D eigenvalue weighted by molar-refractivity contribution is 7.85. The summed E-state index contributed by atoms with van der Waals surface area (Å²) < 4.78 is 16.6. The van der Waals surface area contributed by atoms with Crippen LogP contribution in [-0.4, -0.2) is 54.3 Å². The van der Waals surface area contributed by atoms with Crippen LogP contribution in [0.5, 0.6) is 0 Å². The predicted octanol–water partition coefficient (Wildman–Crippen LogP) is 1.03. The number of carbonyl (C=O) groups excluding carboxylic acids is 1. The third-order valence-electron chi connectivity index (χ3n) is 3.15. The minimum absolute atomic E-state index is 0.00390. The third kappa shape index (κ3) is 5.64. The number of hydrogen-bond acceptors (Lipinski definition) is 4. The van der Waals surface area contributed by atoms with E-state index in [0.717, 1.165) is 31.6 Å². The molecule has 1 rings (SSSR count). The van der Waals surface area contributed by atoms with Crippen LogP contribution in [0.3, 0.4) is 0 Å². The summed E-state index contributed by atoms with van der Waals surface area (Å²) in [5.74, 6) is 1.23. The fraction of sp³-hybridized carbons (Fsp3) is 0.917. The molecule has 0 saturated heterocycles. The number of ether oxygens (including phenoxy) is 1. The van der Waals surface area contributed by atoms with Crippen molar-refractivity contribution in [2.24, 2.45) is 5.41 Å². The van der Waals surface area contributed by atoms with Gasteiger partial charge in [-0.05, 0) is 45.3 Å². The smallest absolute Gasteiger partial charge is 0.306 e. The van der Waals surface area contributed by atoms with Crippen LogP contribution in [-0.2, 0) is 20.3 Å². The molecule has 1 fully saturated rings. The summed E-state index contributed by atoms with van der Waals surface area (Å²) in [5, 5.41) is 0. The van der Waals surface area contributed by atoms with Crippen molar-refractivity contribution in [1.29, 1.82) is 0 Å². The van der Waals surface area contributed by atoms with E-state index in [1.165, 1.54) is 7.11 Å². The summed E-state index contributed by atoms with van der Waals surface area (Å²) in [6, 6.07) is 0. The van der Waals surface area contributed by atoms with E-state index in [1.54, 1.807) is 0 Å². The number of hydrogen-bond donors (Lipinski definition) is 0. The van der Waals surface area contributed by atoms with Gasteiger partial charge in [0.1, 0.15) is 0 Å². The highest BCUT2D eigenvalue weighted by atomic mass is 32.2. The SMILES string of the molecule is COC(=O)CC1(CS(=O)CCCN(C)C)CC1. The first-order chi connectivity index (χ1) is 7.97. The van der Waals surface area contributed by atoms with Crippen molar-refractivity contribution in [3.05, 3.63) is 0 Å². The lowest BCUT2D eigenvalue weighted by atomic mass is 10.1. The first-order valence-electron chi connectivity index (χ1n) is 6.04. The lowest BCUT2D eigenvalue weighted by Crippen LogP contribution is -2.21. The highest BCUT2D eigenvalue weighted by Gasteiger charge is 2.45. The quantitative estimate of drug-likeness (QED) is 0.612. The van der Waals surface area contributed by atoms with Crippen molar-refractivity contribution in [3.63, 3.8) is 0 Å². The van der Waals surface area contributed by atoms with Crippen molar-refractivity contribution in [2.75, 3.05) is 39.3 Å². The molecule has 0 aromatic heterocycles. The zero-order valence-corrected chi connectivity index (χ0v) is 11.8. The Bertz CT molecular complexity index is 287. The maximum absolute atomic E-state index is 11.9. The van der Waals surface area contributed by atoms with Crippen LogP contribution in [0.25, 0.3) is 0 Å². The van der Waals surface area contributed by atoms with Gasteiger partial charge >= 0.3 is 5.97 Å². The van der Waals surface area contributed by atoms with Gasteiger partial charge in [-0.3, -0.25) is 9.00 Å². The zero-order chi connectivity index (χ0) is 12.9. The van der Waals surface area contributed by atoms with Crippen LogP contribution in [0.15, 0.2) is 0 Å². The van der Waals surface area contributed by atoms with Gasteiger partial charge < -0.3 is 9.64 Å². The molecule has 1 aliphatic carbocycles. The van der Waals surface area contributed by atoms with Crippen molar-refractivity contribution in [2.45, 2.75) is 25.7 Å². The summed E-state index contributed by atoms with van der Waals surface area (Å²) in [6.45, 7) is 0.968. The van der Waals surface area contributed by atoms with Crippen LogP contribution < -0.4 is 0 Å². The topological polar surface area (TPSA) is 46.6 Å². The Labute approximate surface area is 106 Å². The second-order valence-electron chi connectivity index (χ2n) is 5.20. The van der Waals surface area contributed by atoms with Crippen molar-refractivity contribution < 1.29 is 13.7 Å². The Kier molecular flexibility index (Phi) is 5.59. The van der Waals surface area contributed by atoms with Gasteiger partial charge in [-0.25, -0.2) is 0 Å². The van der Waals surface area contributed by atoms with Gasteiger partial charge in [-0.15, -0.1) is 0 Å². The molecule has 0 aromatic rings. The summed E-state index contributed by atoms with van der Waals surface area (Å²) in [7, 11) is 4.65. The molecule has 5 heteroatoms. The Morgan fingerprint density at radius 1 is 1.41 bits per heavy atom. The molecule has 17 heavy (non-hydrogen) atoms. The van der Waals surface area contributed by atoms with Gasteiger partial charge in [-0.2, -0.15) is 0 Å². The minimum Gasteiger partial charge on any atom is -0.469 e. The van der Waals surface area contributed by atoms with Crippen molar-refractivity contribution in [3.8, 4) is 0 Å². The Morgan fingerprint density at radius 3 is 2.53 bits per heavy atom. The van der Waals surface area contributed by atoms with E-state index in [0.29, 0.717) is 12.2 Å². The number of esters is 1. The molecule has 0 bridgehead atoms. The maximum atomic E-state index is 11.9. The molecule has 0 amide bonds. The summed E-state index contributed by atoms with van der Waals surface area (Å²) >= 11 is 0. The van der Waals surface area contributed by atoms with Crippen molar-refractivity contribution in [1.82, 2.24) is 4.90 Å². The fourth-order valence-electron chi connectivity index (χ4n) is 1.88. The van der Waals surface area contributed by atoms with Gasteiger partial charge in [0, 0.05) is 22.3 Å². The molecule has 0 heterocycles. The highest BCUT2D eigenvalue weighted by Crippen LogP contribution is 2.49. The monoisotopic (exact) mass is 261 g/mol. The molecule has 0 radical (unpaired) electrons. The molecular formula is C12H23NO3S. The zero-order valence-electron chi connectivity index (χ0n) is 11.0. The molecule has 100 valence electrons. The predicted molar refractivity (Wildman–Crippen MR) is 69.3 cm³/mol. The lowest BCUT2D eigenvalue weighted by molar-refractivity contribution is -0.141. The fourth-order valence-corrected chi connectivity index (χ4v) is 3.55. The second-order valence-corrected chi connectivity index (χ2v) is 6.77. The van der Waals surface area contributed by atoms with E-state index >= 15 is 0 Å². The Balaban J connectivity index is 2.24. The number of methoxy groups -OCH3 is 1. The molecule has 0 aliphatic heterocycles. The van der Waals surface area contributed by atoms with Gasteiger partial charge in [0.15, 0.2) is 0 Å². The third-order valence-corrected chi connectivity index (χ3v) is 4.83. The molecule has 0 N–H and O–H groups in total. The van der Waals surface area contributed by atoms with Crippen molar-refractivity contribution >= 4 is 16.8 Å². The standard InChI is InChI=1S/C12H23NO3S/c1-13(2)7-4-8-17(15)10-12(5-6-12)9-11(14)16-3/h4-10H2,1-3H3. The van der Waals surface area contributed by atoms with E-state index in [4.69, 9.17) is 0 Å². The molecule has 0 spiro atoms. The largest absolute Gasteiger partial charge is 0.469 e. The second kappa shape index (κ2) is 6.50. The number of nitrogens with zero attached hydrogens (tertiary/aromatic N) is 1. The first kappa shape index (κ1) is 14.6. The first-order valence-corrected chi connectivity index (χ1v) is 7.53. The van der Waals surface area contributed by atoms with E-state index in [9.17, 15) is 9.00 Å². The molecule has 0 aromatic carbocycles. The maximum Gasteiger partial charge on any atom is 0.306 e. The number of rotatable bonds is 8. The molecule has 1 aliphatic rings. The number of carbonyl (C=O) groups is 1. The van der Waals surface area contributed by atoms with Gasteiger partial charge in [-0.1, -0.05) is 0 Å². The van der Waals surface area contributed by atoms with Gasteiger partial charge in [0.05, 0.1) is 13.5 Å². The molecule has 1 saturated carbocycles.